The van der Waals surface area contributed by atoms with Gasteiger partial charge in [0.15, 0.2) is 0 Å². The number of ether oxygens (including phenoxy) is 2. The van der Waals surface area contributed by atoms with E-state index in [1.165, 1.54) is 0 Å². The fourth-order valence-electron chi connectivity index (χ4n) is 4.23. The molecule has 0 aliphatic carbocycles. The first-order valence-electron chi connectivity index (χ1n) is 12.2. The van der Waals surface area contributed by atoms with E-state index >= 15 is 0 Å². The Bertz CT molecular complexity index is 1360. The number of aromatic nitrogens is 2. The first-order chi connectivity index (χ1) is 17.9. The number of nitrogens with one attached hydrogen (secondary N) is 4. The van der Waals surface area contributed by atoms with E-state index in [2.05, 4.69) is 20.6 Å². The van der Waals surface area contributed by atoms with Crippen molar-refractivity contribution in [2.75, 3.05) is 33.0 Å². The fraction of sp³-hybridized carbons (Fsp3) is 0.333. The Morgan fingerprint density at radius 2 is 1.51 bits per heavy atom. The van der Waals surface area contributed by atoms with Gasteiger partial charge in [-0.2, -0.15) is 0 Å². The summed E-state index contributed by atoms with van der Waals surface area (Å²) in [7, 11) is 0. The molecule has 2 heterocycles. The van der Waals surface area contributed by atoms with Crippen molar-refractivity contribution in [3.8, 4) is 11.5 Å². The molecule has 0 aliphatic heterocycles. The Morgan fingerprint density at radius 3 is 2.19 bits per heavy atom. The summed E-state index contributed by atoms with van der Waals surface area (Å²) in [4.78, 5) is 32.3. The summed E-state index contributed by atoms with van der Waals surface area (Å²) < 4.78 is 10.7. The lowest BCUT2D eigenvalue weighted by Gasteiger charge is -2.18. The van der Waals surface area contributed by atoms with E-state index in [0.29, 0.717) is 32.0 Å². The highest BCUT2D eigenvalue weighted by Crippen LogP contribution is 2.25. The molecule has 0 fully saturated rings. The minimum absolute atomic E-state index is 0.0302. The molecule has 1 unspecified atom stereocenters. The summed E-state index contributed by atoms with van der Waals surface area (Å²) in [6.07, 6.45) is 3.75. The van der Waals surface area contributed by atoms with Gasteiger partial charge in [-0.1, -0.05) is 0 Å². The second-order valence-corrected chi connectivity index (χ2v) is 8.69. The van der Waals surface area contributed by atoms with Crippen molar-refractivity contribution in [3.63, 3.8) is 0 Å². The molecule has 196 valence electrons. The highest BCUT2D eigenvalue weighted by atomic mass is 16.5. The van der Waals surface area contributed by atoms with E-state index in [-0.39, 0.29) is 42.7 Å². The maximum Gasteiger partial charge on any atom is 0.243 e. The lowest BCUT2D eigenvalue weighted by Crippen LogP contribution is -2.49. The van der Waals surface area contributed by atoms with Gasteiger partial charge < -0.3 is 40.3 Å². The van der Waals surface area contributed by atoms with Crippen LogP contribution in [0.4, 0.5) is 0 Å². The van der Waals surface area contributed by atoms with Crippen LogP contribution in [0.3, 0.4) is 0 Å². The zero-order valence-electron chi connectivity index (χ0n) is 20.7. The monoisotopic (exact) mass is 508 g/mol. The highest BCUT2D eigenvalue weighted by Gasteiger charge is 2.23. The van der Waals surface area contributed by atoms with E-state index in [9.17, 15) is 19.8 Å². The average Bonchev–Trinajstić information content (AvgIpc) is 3.46. The first kappa shape index (κ1) is 26.1. The van der Waals surface area contributed by atoms with Crippen LogP contribution in [0.1, 0.15) is 18.1 Å². The quantitative estimate of drug-likeness (QED) is 0.153. The number of amides is 2. The molecule has 0 aliphatic rings. The predicted octanol–water partition coefficient (Wildman–Crippen LogP) is 2.50. The smallest absolute Gasteiger partial charge is 0.243 e. The van der Waals surface area contributed by atoms with Gasteiger partial charge in [0, 0.05) is 53.8 Å². The third-order valence-electron chi connectivity index (χ3n) is 6.05. The van der Waals surface area contributed by atoms with Crippen LogP contribution in [0, 0.1) is 0 Å². The fourth-order valence-corrected chi connectivity index (χ4v) is 4.23. The number of hydrogen-bond acceptors (Lipinski definition) is 6. The summed E-state index contributed by atoms with van der Waals surface area (Å²) in [5, 5.41) is 27.0. The number of fused-ring (bicyclic) bond motifs is 2. The number of phenolic OH excluding ortho intramolecular Hbond substituents is 2. The largest absolute Gasteiger partial charge is 0.508 e. The van der Waals surface area contributed by atoms with E-state index < -0.39 is 6.04 Å². The SMILES string of the molecule is CCOCCOCCNC(=O)C(Cc1c[nH]c2ccc(O)cc12)NC(=O)Cc1c[nH]c2ccc(O)cc12. The van der Waals surface area contributed by atoms with E-state index in [0.717, 1.165) is 27.4 Å². The molecule has 4 rings (SSSR count). The van der Waals surface area contributed by atoms with Crippen LogP contribution in [-0.4, -0.2) is 71.0 Å². The summed E-state index contributed by atoms with van der Waals surface area (Å²) >= 11 is 0. The lowest BCUT2D eigenvalue weighted by atomic mass is 10.0. The molecular formula is C27H32N4O6. The van der Waals surface area contributed by atoms with E-state index in [1.807, 2.05) is 6.92 Å². The van der Waals surface area contributed by atoms with Crippen LogP contribution in [0.5, 0.6) is 11.5 Å². The second kappa shape index (κ2) is 12.3. The molecule has 4 aromatic rings. The summed E-state index contributed by atoms with van der Waals surface area (Å²) in [6, 6.07) is 9.03. The molecule has 2 amide bonds. The maximum atomic E-state index is 13.1. The molecule has 6 N–H and O–H groups in total. The van der Waals surface area contributed by atoms with Gasteiger partial charge in [-0.15, -0.1) is 0 Å². The molecule has 0 bridgehead atoms. The number of phenols is 2. The van der Waals surface area contributed by atoms with Crippen molar-refractivity contribution in [2.45, 2.75) is 25.8 Å². The van der Waals surface area contributed by atoms with Crippen LogP contribution >= 0.6 is 0 Å². The topological polar surface area (TPSA) is 149 Å². The third-order valence-corrected chi connectivity index (χ3v) is 6.05. The number of rotatable bonds is 13. The van der Waals surface area contributed by atoms with Gasteiger partial charge in [0.1, 0.15) is 17.5 Å². The van der Waals surface area contributed by atoms with Gasteiger partial charge in [0.25, 0.3) is 0 Å². The van der Waals surface area contributed by atoms with Crippen molar-refractivity contribution >= 4 is 33.6 Å². The molecule has 0 spiro atoms. The molecule has 10 nitrogen and oxygen atoms in total. The van der Waals surface area contributed by atoms with Crippen LogP contribution in [-0.2, 0) is 31.9 Å². The Labute approximate surface area is 214 Å². The van der Waals surface area contributed by atoms with E-state index in [1.54, 1.807) is 48.8 Å². The minimum atomic E-state index is -0.851. The Hall–Kier alpha value is -4.02. The third kappa shape index (κ3) is 6.81. The Balaban J connectivity index is 1.44. The van der Waals surface area contributed by atoms with Crippen LogP contribution < -0.4 is 10.6 Å². The van der Waals surface area contributed by atoms with Crippen molar-refractivity contribution in [1.82, 2.24) is 20.6 Å². The van der Waals surface area contributed by atoms with Crippen LogP contribution in [0.2, 0.25) is 0 Å². The van der Waals surface area contributed by atoms with Crippen LogP contribution in [0.15, 0.2) is 48.8 Å². The molecule has 1 atom stereocenters. The molecular weight excluding hydrogens is 476 g/mol. The standard InChI is InChI=1S/C27H32N4O6/c1-2-36-9-10-37-8-7-28-27(35)25(11-17-15-29-23-5-3-19(32)13-21(17)23)31-26(34)12-18-16-30-24-6-4-20(33)14-22(18)24/h3-6,13-16,25,29-30,32-33H,2,7-12H2,1H3,(H,28,35)(H,31,34). The zero-order valence-corrected chi connectivity index (χ0v) is 20.7. The molecule has 0 saturated carbocycles. The number of aromatic amines is 2. The van der Waals surface area contributed by atoms with Crippen molar-refractivity contribution in [1.29, 1.82) is 0 Å². The van der Waals surface area contributed by atoms with Crippen LogP contribution in [0.25, 0.3) is 21.8 Å². The number of aromatic hydroxyl groups is 2. The van der Waals surface area contributed by atoms with Crippen molar-refractivity contribution in [3.05, 3.63) is 59.9 Å². The molecule has 0 radical (unpaired) electrons. The Morgan fingerprint density at radius 1 is 0.892 bits per heavy atom. The average molecular weight is 509 g/mol. The van der Waals surface area contributed by atoms with Gasteiger partial charge in [-0.3, -0.25) is 9.59 Å². The number of carbonyl (C=O) groups excluding carboxylic acids is 2. The van der Waals surface area contributed by atoms with E-state index in [4.69, 9.17) is 9.47 Å². The zero-order chi connectivity index (χ0) is 26.2. The molecule has 37 heavy (non-hydrogen) atoms. The minimum Gasteiger partial charge on any atom is -0.508 e. The van der Waals surface area contributed by atoms with Gasteiger partial charge >= 0.3 is 0 Å². The molecule has 2 aromatic carbocycles. The summed E-state index contributed by atoms with van der Waals surface area (Å²) in [5.41, 5.74) is 3.12. The molecule has 10 heteroatoms. The van der Waals surface area contributed by atoms with Gasteiger partial charge in [-0.25, -0.2) is 0 Å². The predicted molar refractivity (Wildman–Crippen MR) is 140 cm³/mol. The highest BCUT2D eigenvalue weighted by molar-refractivity contribution is 5.93. The second-order valence-electron chi connectivity index (χ2n) is 8.69. The Kier molecular flexibility index (Phi) is 8.65. The number of benzene rings is 2. The number of H-pyrrole nitrogens is 2. The normalized spacial score (nSPS) is 12.1. The number of hydrogen-bond donors (Lipinski definition) is 6. The summed E-state index contributed by atoms with van der Waals surface area (Å²) in [5.74, 6) is -0.449. The molecule has 0 saturated heterocycles. The number of carbonyl (C=O) groups is 2. The van der Waals surface area contributed by atoms with Crippen molar-refractivity contribution < 1.29 is 29.3 Å². The van der Waals surface area contributed by atoms with Crippen molar-refractivity contribution in [2.24, 2.45) is 0 Å². The van der Waals surface area contributed by atoms with Gasteiger partial charge in [0.05, 0.1) is 26.2 Å². The van der Waals surface area contributed by atoms with Gasteiger partial charge in [-0.05, 0) is 54.4 Å². The van der Waals surface area contributed by atoms with Gasteiger partial charge in [0.2, 0.25) is 11.8 Å². The first-order valence-corrected chi connectivity index (χ1v) is 12.2. The maximum absolute atomic E-state index is 13.1. The summed E-state index contributed by atoms with van der Waals surface area (Å²) in [6.45, 7) is 4.05. The molecule has 2 aromatic heterocycles. The lowest BCUT2D eigenvalue weighted by molar-refractivity contribution is -0.128.